The van der Waals surface area contributed by atoms with Crippen LogP contribution in [0.4, 0.5) is 13.2 Å². The standard InChI is InChI=1S/C33H28F3NO2P2/c34-33(35,36)32(41(39,29-22-12-4-13-23-29)30-24-14-5-15-25-30)37-31(26-16-6-1-7-17-26)40(38,27-18-8-2-9-19-27)28-20-10-3-11-21-28/h1-25,31-32,37H/t31-,32-/m0/s1. The van der Waals surface area contributed by atoms with Gasteiger partial charge in [-0.25, -0.2) is 0 Å². The highest BCUT2D eigenvalue weighted by atomic mass is 31.2. The molecule has 0 aliphatic carbocycles. The van der Waals surface area contributed by atoms with E-state index in [1.165, 1.54) is 24.3 Å². The number of rotatable bonds is 9. The normalized spacial score (nSPS) is 13.8. The van der Waals surface area contributed by atoms with E-state index in [1.54, 1.807) is 127 Å². The predicted octanol–water partition coefficient (Wildman–Crippen LogP) is 7.19. The summed E-state index contributed by atoms with van der Waals surface area (Å²) in [7, 11) is -8.30. The van der Waals surface area contributed by atoms with Crippen LogP contribution in [-0.4, -0.2) is 12.0 Å². The van der Waals surface area contributed by atoms with Crippen molar-refractivity contribution in [1.82, 2.24) is 5.32 Å². The average molecular weight is 590 g/mol. The van der Waals surface area contributed by atoms with E-state index in [0.717, 1.165) is 0 Å². The van der Waals surface area contributed by atoms with E-state index in [4.69, 9.17) is 0 Å². The Hall–Kier alpha value is -3.69. The van der Waals surface area contributed by atoms with E-state index in [2.05, 4.69) is 5.32 Å². The number of benzene rings is 5. The van der Waals surface area contributed by atoms with Crippen molar-refractivity contribution in [3.63, 3.8) is 0 Å². The van der Waals surface area contributed by atoms with Crippen molar-refractivity contribution in [2.24, 2.45) is 0 Å². The Bertz CT molecular complexity index is 1560. The molecule has 5 rings (SSSR count). The molecule has 2 atom stereocenters. The quantitative estimate of drug-likeness (QED) is 0.185. The maximum absolute atomic E-state index is 15.5. The highest BCUT2D eigenvalue weighted by Crippen LogP contribution is 2.60. The summed E-state index contributed by atoms with van der Waals surface area (Å²) in [5.74, 6) is -3.88. The second-order valence-electron chi connectivity index (χ2n) is 9.58. The van der Waals surface area contributed by atoms with E-state index in [9.17, 15) is 0 Å². The highest BCUT2D eigenvalue weighted by Gasteiger charge is 2.55. The minimum atomic E-state index is -4.97. The zero-order chi connectivity index (χ0) is 28.9. The molecule has 0 bridgehead atoms. The van der Waals surface area contributed by atoms with Crippen LogP contribution in [0.3, 0.4) is 0 Å². The summed E-state index contributed by atoms with van der Waals surface area (Å²) in [6.45, 7) is 0. The first-order valence-corrected chi connectivity index (χ1v) is 16.6. The van der Waals surface area contributed by atoms with Crippen LogP contribution < -0.4 is 26.5 Å². The van der Waals surface area contributed by atoms with Crippen molar-refractivity contribution in [3.8, 4) is 0 Å². The van der Waals surface area contributed by atoms with Crippen molar-refractivity contribution in [2.45, 2.75) is 17.7 Å². The van der Waals surface area contributed by atoms with Crippen molar-refractivity contribution < 1.29 is 22.3 Å². The molecule has 0 heterocycles. The molecule has 0 fully saturated rings. The fourth-order valence-corrected chi connectivity index (χ4v) is 11.2. The lowest BCUT2D eigenvalue weighted by Crippen LogP contribution is -2.49. The molecule has 5 aromatic carbocycles. The van der Waals surface area contributed by atoms with Gasteiger partial charge in [0.25, 0.3) is 0 Å². The summed E-state index contributed by atoms with van der Waals surface area (Å²) in [6.07, 6.45) is -4.97. The second-order valence-corrected chi connectivity index (χ2v) is 15.3. The van der Waals surface area contributed by atoms with Gasteiger partial charge in [-0.3, -0.25) is 5.32 Å². The molecule has 1 N–H and O–H groups in total. The second kappa shape index (κ2) is 12.0. The molecule has 0 radical (unpaired) electrons. The SMILES string of the molecule is O=P(c1ccccc1)(c1ccccc1)[C@H](N[C@H](C(F)(F)F)P(=O)(c1ccccc1)c1ccccc1)c1ccccc1. The Morgan fingerprint density at radius 1 is 0.463 bits per heavy atom. The lowest BCUT2D eigenvalue weighted by atomic mass is 10.2. The first kappa shape index (κ1) is 28.8. The number of nitrogens with one attached hydrogen (secondary N) is 1. The monoisotopic (exact) mass is 589 g/mol. The third-order valence-electron chi connectivity index (χ3n) is 7.03. The molecule has 0 saturated carbocycles. The van der Waals surface area contributed by atoms with Gasteiger partial charge in [0.15, 0.2) is 20.1 Å². The fourth-order valence-electron chi connectivity index (χ4n) is 5.09. The molecule has 0 unspecified atom stereocenters. The minimum Gasteiger partial charge on any atom is -0.312 e. The van der Waals surface area contributed by atoms with Gasteiger partial charge >= 0.3 is 6.18 Å². The minimum absolute atomic E-state index is 0.0575. The third-order valence-corrected chi connectivity index (χ3v) is 13.6. The van der Waals surface area contributed by atoms with Crippen LogP contribution >= 0.6 is 14.3 Å². The first-order chi connectivity index (χ1) is 19.8. The van der Waals surface area contributed by atoms with Gasteiger partial charge in [0, 0.05) is 21.2 Å². The maximum atomic E-state index is 15.5. The van der Waals surface area contributed by atoms with Crippen LogP contribution in [0.15, 0.2) is 152 Å². The molecule has 3 nitrogen and oxygen atoms in total. The fraction of sp³-hybridized carbons (Fsp3) is 0.0909. The Balaban J connectivity index is 1.79. The molecule has 0 saturated heterocycles. The van der Waals surface area contributed by atoms with Crippen LogP contribution in [-0.2, 0) is 9.13 Å². The molecule has 0 amide bonds. The van der Waals surface area contributed by atoms with Gasteiger partial charge in [-0.15, -0.1) is 0 Å². The van der Waals surface area contributed by atoms with Crippen molar-refractivity contribution >= 4 is 35.5 Å². The zero-order valence-corrected chi connectivity index (χ0v) is 23.7. The van der Waals surface area contributed by atoms with Crippen molar-refractivity contribution in [1.29, 1.82) is 0 Å². The number of alkyl halides is 3. The molecule has 0 aromatic heterocycles. The number of hydrogen-bond donors (Lipinski definition) is 1. The Kier molecular flexibility index (Phi) is 8.47. The predicted molar refractivity (Wildman–Crippen MR) is 162 cm³/mol. The summed E-state index contributed by atoms with van der Waals surface area (Å²) >= 11 is 0. The van der Waals surface area contributed by atoms with E-state index >= 15 is 22.3 Å². The average Bonchev–Trinajstić information content (AvgIpc) is 3.02. The molecular formula is C33H28F3NO2P2. The van der Waals surface area contributed by atoms with Gasteiger partial charge in [0.2, 0.25) is 0 Å². The number of hydrogen-bond acceptors (Lipinski definition) is 3. The van der Waals surface area contributed by atoms with E-state index < -0.39 is 32.0 Å². The lowest BCUT2D eigenvalue weighted by molar-refractivity contribution is -0.136. The summed E-state index contributed by atoms with van der Waals surface area (Å²) in [5, 5.41) is 3.63. The number of halogens is 3. The molecule has 0 aliphatic heterocycles. The van der Waals surface area contributed by atoms with Crippen LogP contribution in [0.5, 0.6) is 0 Å². The highest BCUT2D eigenvalue weighted by molar-refractivity contribution is 7.80. The Morgan fingerprint density at radius 2 is 0.756 bits per heavy atom. The topological polar surface area (TPSA) is 46.2 Å². The molecular weight excluding hydrogens is 561 g/mol. The Labute approximate surface area is 237 Å². The van der Waals surface area contributed by atoms with Gasteiger partial charge < -0.3 is 9.13 Å². The van der Waals surface area contributed by atoms with Crippen LogP contribution in [0.2, 0.25) is 0 Å². The van der Waals surface area contributed by atoms with E-state index in [-0.39, 0.29) is 10.6 Å². The van der Waals surface area contributed by atoms with Gasteiger partial charge in [-0.2, -0.15) is 13.2 Å². The summed E-state index contributed by atoms with van der Waals surface area (Å²) in [6, 6.07) is 41.0. The summed E-state index contributed by atoms with van der Waals surface area (Å²) in [4.78, 5) is 0. The molecule has 0 aliphatic rings. The van der Waals surface area contributed by atoms with Crippen molar-refractivity contribution in [3.05, 3.63) is 157 Å². The van der Waals surface area contributed by atoms with Gasteiger partial charge in [0.05, 0.1) is 5.78 Å². The van der Waals surface area contributed by atoms with Crippen LogP contribution in [0.1, 0.15) is 11.3 Å². The summed E-state index contributed by atoms with van der Waals surface area (Å²) < 4.78 is 76.5. The molecule has 5 aromatic rings. The van der Waals surface area contributed by atoms with Crippen LogP contribution in [0.25, 0.3) is 0 Å². The van der Waals surface area contributed by atoms with Gasteiger partial charge in [-0.1, -0.05) is 152 Å². The summed E-state index contributed by atoms with van der Waals surface area (Å²) in [5.41, 5.74) is 0.394. The van der Waals surface area contributed by atoms with Gasteiger partial charge in [0.1, 0.15) is 0 Å². The van der Waals surface area contributed by atoms with Crippen LogP contribution in [0, 0.1) is 0 Å². The van der Waals surface area contributed by atoms with E-state index in [0.29, 0.717) is 16.2 Å². The molecule has 8 heteroatoms. The largest absolute Gasteiger partial charge is 0.411 e. The Morgan fingerprint density at radius 3 is 1.07 bits per heavy atom. The molecule has 0 spiro atoms. The van der Waals surface area contributed by atoms with E-state index in [1.807, 2.05) is 0 Å². The molecule has 208 valence electrons. The molecule has 41 heavy (non-hydrogen) atoms. The van der Waals surface area contributed by atoms with Crippen molar-refractivity contribution in [2.75, 3.05) is 0 Å². The zero-order valence-electron chi connectivity index (χ0n) is 21.9. The maximum Gasteiger partial charge on any atom is 0.411 e. The lowest BCUT2D eigenvalue weighted by Gasteiger charge is -2.37. The smallest absolute Gasteiger partial charge is 0.312 e. The third kappa shape index (κ3) is 5.74. The van der Waals surface area contributed by atoms with Gasteiger partial charge in [-0.05, 0) is 5.56 Å². The first-order valence-electron chi connectivity index (χ1n) is 13.1.